The lowest BCUT2D eigenvalue weighted by molar-refractivity contribution is -0.116. The molecule has 10 nitrogen and oxygen atoms in total. The predicted molar refractivity (Wildman–Crippen MR) is 148 cm³/mol. The molecular weight excluding hydrogens is 512 g/mol. The Hall–Kier alpha value is -5.64. The quantitative estimate of drug-likeness (QED) is 0.264. The maximum Gasteiger partial charge on any atom is 0.251 e. The Labute approximate surface area is 229 Å². The number of fused-ring (bicyclic) bond motifs is 2. The molecule has 0 radical (unpaired) electrons. The van der Waals surface area contributed by atoms with Gasteiger partial charge in [0.15, 0.2) is 0 Å². The minimum atomic E-state index is -0.526. The second kappa shape index (κ2) is 11.8. The molecule has 40 heavy (non-hydrogen) atoms. The van der Waals surface area contributed by atoms with E-state index in [4.69, 9.17) is 9.47 Å². The van der Waals surface area contributed by atoms with Crippen LogP contribution in [0.1, 0.15) is 20.7 Å². The molecule has 4 aromatic carbocycles. The fraction of sp³-hybridized carbons (Fsp3) is 0.0667. The Bertz CT molecular complexity index is 1460. The van der Waals surface area contributed by atoms with E-state index in [2.05, 4.69) is 21.3 Å². The molecule has 0 unspecified atom stereocenters. The molecule has 0 saturated carbocycles. The Morgan fingerprint density at radius 1 is 0.475 bits per heavy atom. The Morgan fingerprint density at radius 3 is 1.35 bits per heavy atom. The first kappa shape index (κ1) is 26.0. The number of rotatable bonds is 0. The minimum Gasteiger partial charge on any atom is -0.457 e. The third-order valence-corrected chi connectivity index (χ3v) is 5.76. The number of benzene rings is 4. The molecule has 0 atom stereocenters. The van der Waals surface area contributed by atoms with Crippen molar-refractivity contribution in [1.29, 1.82) is 0 Å². The average molecular weight is 537 g/mol. The summed E-state index contributed by atoms with van der Waals surface area (Å²) in [4.78, 5) is 49.9. The maximum absolute atomic E-state index is 12.6. The fourth-order valence-corrected chi connectivity index (χ4v) is 3.82. The SMILES string of the molecule is O=C1CNC(=O)c2cccc(c2)C(=O)NCC(=O)Nc2ccc(cc2)Oc2cccc(c2)Oc2ccc(cc2)N1. The normalized spacial score (nSPS) is 14.2. The number of carbonyl (C=O) groups is 4. The smallest absolute Gasteiger partial charge is 0.251 e. The summed E-state index contributed by atoms with van der Waals surface area (Å²) in [6.07, 6.45) is 0. The lowest BCUT2D eigenvalue weighted by atomic mass is 10.1. The zero-order valence-electron chi connectivity index (χ0n) is 21.1. The van der Waals surface area contributed by atoms with Gasteiger partial charge in [0.05, 0.1) is 13.1 Å². The molecule has 4 aromatic rings. The van der Waals surface area contributed by atoms with Gasteiger partial charge in [-0.05, 0) is 78.9 Å². The van der Waals surface area contributed by atoms with Crippen molar-refractivity contribution in [2.24, 2.45) is 0 Å². The standard InChI is InChI=1S/C30H24N4O6/c35-27-17-31-29(37)19-3-1-4-20(15-19)30(38)32-18-28(36)34-22-9-13-24(14-10-22)40-26-6-2-5-25(16-26)39-23-11-7-21(33-27)8-12-23/h1-16H,17-18H2,(H,31,37)(H,32,38)(H,33,35)(H,34,36). The molecule has 4 amide bonds. The summed E-state index contributed by atoms with van der Waals surface area (Å²) in [5.41, 5.74) is 1.44. The first-order chi connectivity index (χ1) is 19.4. The van der Waals surface area contributed by atoms with Gasteiger partial charge in [0, 0.05) is 28.6 Å². The molecule has 0 spiro atoms. The number of anilines is 2. The predicted octanol–water partition coefficient (Wildman–Crippen LogP) is 4.32. The molecule has 3 aliphatic rings. The van der Waals surface area contributed by atoms with Crippen LogP contribution in [0.5, 0.6) is 23.0 Å². The topological polar surface area (TPSA) is 135 Å². The minimum absolute atomic E-state index is 0.194. The van der Waals surface area contributed by atoms with Crippen LogP contribution in [-0.4, -0.2) is 36.7 Å². The Kier molecular flexibility index (Phi) is 7.68. The molecule has 0 saturated heterocycles. The van der Waals surface area contributed by atoms with E-state index < -0.39 is 23.6 Å². The van der Waals surface area contributed by atoms with Crippen molar-refractivity contribution in [3.8, 4) is 23.0 Å². The van der Waals surface area contributed by atoms with E-state index in [1.54, 1.807) is 78.9 Å². The van der Waals surface area contributed by atoms with Crippen molar-refractivity contribution in [1.82, 2.24) is 10.6 Å². The van der Waals surface area contributed by atoms with Crippen molar-refractivity contribution >= 4 is 35.0 Å². The highest BCUT2D eigenvalue weighted by atomic mass is 16.5. The van der Waals surface area contributed by atoms with Crippen molar-refractivity contribution < 1.29 is 28.7 Å². The van der Waals surface area contributed by atoms with Gasteiger partial charge in [-0.2, -0.15) is 0 Å². The number of hydrogen-bond acceptors (Lipinski definition) is 6. The number of hydrogen-bond donors (Lipinski definition) is 4. The lowest BCUT2D eigenvalue weighted by Crippen LogP contribution is -2.34. The largest absolute Gasteiger partial charge is 0.457 e. The summed E-state index contributed by atoms with van der Waals surface area (Å²) in [7, 11) is 0. The number of carbonyl (C=O) groups excluding carboxylic acids is 4. The fourth-order valence-electron chi connectivity index (χ4n) is 3.82. The first-order valence-corrected chi connectivity index (χ1v) is 12.3. The van der Waals surface area contributed by atoms with E-state index in [0.717, 1.165) is 0 Å². The Balaban J connectivity index is 1.37. The average Bonchev–Trinajstić information content (AvgIpc) is 2.96. The second-order valence-electron chi connectivity index (χ2n) is 8.77. The van der Waals surface area contributed by atoms with Gasteiger partial charge in [-0.1, -0.05) is 12.1 Å². The van der Waals surface area contributed by atoms with Crippen LogP contribution >= 0.6 is 0 Å². The van der Waals surface area contributed by atoms with Crippen LogP contribution in [0, 0.1) is 0 Å². The van der Waals surface area contributed by atoms with Gasteiger partial charge >= 0.3 is 0 Å². The highest BCUT2D eigenvalue weighted by Gasteiger charge is 2.13. The summed E-state index contributed by atoms with van der Waals surface area (Å²) in [5.74, 6) is 0.288. The van der Waals surface area contributed by atoms with Gasteiger partial charge in [0.1, 0.15) is 23.0 Å². The van der Waals surface area contributed by atoms with E-state index in [9.17, 15) is 19.2 Å². The van der Waals surface area contributed by atoms with Gasteiger partial charge < -0.3 is 30.7 Å². The molecule has 3 aliphatic heterocycles. The maximum atomic E-state index is 12.6. The molecule has 200 valence electrons. The van der Waals surface area contributed by atoms with E-state index in [1.807, 2.05) is 0 Å². The van der Waals surface area contributed by atoms with Crippen LogP contribution < -0.4 is 30.7 Å². The molecule has 4 N–H and O–H groups in total. The summed E-state index contributed by atoms with van der Waals surface area (Å²) >= 11 is 0. The summed E-state index contributed by atoms with van der Waals surface area (Å²) < 4.78 is 11.8. The van der Waals surface area contributed by atoms with Crippen LogP contribution in [0.15, 0.2) is 97.1 Å². The van der Waals surface area contributed by atoms with E-state index in [-0.39, 0.29) is 24.2 Å². The second-order valence-corrected chi connectivity index (χ2v) is 8.77. The van der Waals surface area contributed by atoms with E-state index in [0.29, 0.717) is 34.4 Å². The summed E-state index contributed by atoms with van der Waals surface area (Å²) in [5, 5.41) is 10.5. The summed E-state index contributed by atoms with van der Waals surface area (Å²) in [6, 6.07) is 26.6. The number of amides is 4. The van der Waals surface area contributed by atoms with Crippen molar-refractivity contribution in [2.45, 2.75) is 0 Å². The van der Waals surface area contributed by atoms with Gasteiger partial charge in [-0.3, -0.25) is 19.2 Å². The van der Waals surface area contributed by atoms with Crippen molar-refractivity contribution in [2.75, 3.05) is 23.7 Å². The van der Waals surface area contributed by atoms with Crippen LogP contribution in [0.3, 0.4) is 0 Å². The lowest BCUT2D eigenvalue weighted by Gasteiger charge is -2.12. The van der Waals surface area contributed by atoms with Gasteiger partial charge in [0.2, 0.25) is 11.8 Å². The van der Waals surface area contributed by atoms with E-state index >= 15 is 0 Å². The van der Waals surface area contributed by atoms with Crippen molar-refractivity contribution in [3.05, 3.63) is 108 Å². The Morgan fingerprint density at radius 2 is 0.900 bits per heavy atom. The highest BCUT2D eigenvalue weighted by Crippen LogP contribution is 2.29. The first-order valence-electron chi connectivity index (χ1n) is 12.3. The zero-order chi connectivity index (χ0) is 27.9. The zero-order valence-corrected chi connectivity index (χ0v) is 21.1. The van der Waals surface area contributed by atoms with Crippen LogP contribution in [0.25, 0.3) is 0 Å². The van der Waals surface area contributed by atoms with Crippen LogP contribution in [0.4, 0.5) is 11.4 Å². The third kappa shape index (κ3) is 6.81. The van der Waals surface area contributed by atoms with Gasteiger partial charge in [0.25, 0.3) is 11.8 Å². The molecular formula is C30H24N4O6. The van der Waals surface area contributed by atoms with Gasteiger partial charge in [-0.15, -0.1) is 0 Å². The molecule has 0 aliphatic carbocycles. The third-order valence-electron chi connectivity index (χ3n) is 5.76. The van der Waals surface area contributed by atoms with Gasteiger partial charge in [-0.25, -0.2) is 0 Å². The number of ether oxygens (including phenoxy) is 2. The monoisotopic (exact) mass is 536 g/mol. The van der Waals surface area contributed by atoms with Crippen LogP contribution in [-0.2, 0) is 9.59 Å². The highest BCUT2D eigenvalue weighted by molar-refractivity contribution is 6.03. The molecule has 0 aromatic heterocycles. The molecule has 0 fully saturated rings. The summed E-state index contributed by atoms with van der Waals surface area (Å²) in [6.45, 7) is -0.553. The molecule has 10 heteroatoms. The number of nitrogens with one attached hydrogen (secondary N) is 4. The van der Waals surface area contributed by atoms with E-state index in [1.165, 1.54) is 18.2 Å². The molecule has 8 bridgehead atoms. The molecule has 3 heterocycles. The molecule has 7 rings (SSSR count). The van der Waals surface area contributed by atoms with Crippen molar-refractivity contribution in [3.63, 3.8) is 0 Å². The van der Waals surface area contributed by atoms with Crippen LogP contribution in [0.2, 0.25) is 0 Å².